The van der Waals surface area contributed by atoms with Gasteiger partial charge in [-0.15, -0.1) is 0 Å². The summed E-state index contributed by atoms with van der Waals surface area (Å²) in [6.07, 6.45) is 0.528. The van der Waals surface area contributed by atoms with Crippen LogP contribution in [0.5, 0.6) is 0 Å². The van der Waals surface area contributed by atoms with Crippen molar-refractivity contribution in [3.05, 3.63) is 0 Å². The van der Waals surface area contributed by atoms with Gasteiger partial charge in [-0.1, -0.05) is 0 Å². The van der Waals surface area contributed by atoms with Crippen molar-refractivity contribution in [1.29, 1.82) is 0 Å². The van der Waals surface area contributed by atoms with Crippen LogP contribution in [0, 0.1) is 11.8 Å². The highest BCUT2D eigenvalue weighted by molar-refractivity contribution is 7.99. The largest absolute Gasteiger partial charge is 0.481 e. The van der Waals surface area contributed by atoms with Gasteiger partial charge in [0, 0.05) is 23.8 Å². The van der Waals surface area contributed by atoms with Crippen LogP contribution in [-0.2, 0) is 19.2 Å². The third kappa shape index (κ3) is 3.37. The van der Waals surface area contributed by atoms with E-state index in [1.807, 2.05) is 0 Å². The second kappa shape index (κ2) is 6.36. The Kier molecular flexibility index (Phi) is 5.29. The fourth-order valence-electron chi connectivity index (χ4n) is 2.07. The third-order valence-electron chi connectivity index (χ3n) is 3.56. The molecule has 0 saturated heterocycles. The van der Waals surface area contributed by atoms with Crippen molar-refractivity contribution in [1.82, 2.24) is 0 Å². The lowest BCUT2D eigenvalue weighted by Gasteiger charge is -2.22. The summed E-state index contributed by atoms with van der Waals surface area (Å²) in [6.45, 7) is 1.09. The Morgan fingerprint density at radius 1 is 1.40 bits per heavy atom. The minimum atomic E-state index is -2.00. The van der Waals surface area contributed by atoms with Crippen molar-refractivity contribution in [3.63, 3.8) is 0 Å². The van der Waals surface area contributed by atoms with E-state index in [-0.39, 0.29) is 23.7 Å². The maximum absolute atomic E-state index is 11.6. The Hall–Kier alpha value is -1.41. The van der Waals surface area contributed by atoms with Crippen LogP contribution >= 0.6 is 11.8 Å². The summed E-state index contributed by atoms with van der Waals surface area (Å²) in [5.74, 6) is -4.65. The first kappa shape index (κ1) is 16.6. The van der Waals surface area contributed by atoms with E-state index in [2.05, 4.69) is 0 Å². The van der Waals surface area contributed by atoms with Gasteiger partial charge in [0.25, 0.3) is 0 Å². The minimum absolute atomic E-state index is 0.134. The molecule has 1 fully saturated rings. The number of hydrogen-bond donors (Lipinski definition) is 3. The van der Waals surface area contributed by atoms with Crippen molar-refractivity contribution in [3.8, 4) is 0 Å². The smallest absolute Gasteiger partial charge is 0.332 e. The summed E-state index contributed by atoms with van der Waals surface area (Å²) in [7, 11) is 0. The van der Waals surface area contributed by atoms with E-state index in [4.69, 9.17) is 15.9 Å². The number of carbonyl (C=O) groups excluding carboxylic acids is 2. The Labute approximate surface area is 119 Å². The summed E-state index contributed by atoms with van der Waals surface area (Å²) in [5.41, 5.74) is 3.53. The van der Waals surface area contributed by atoms with Gasteiger partial charge in [-0.25, -0.2) is 4.79 Å². The molecule has 8 heteroatoms. The van der Waals surface area contributed by atoms with Crippen molar-refractivity contribution >= 4 is 35.3 Å². The third-order valence-corrected chi connectivity index (χ3v) is 4.81. The highest BCUT2D eigenvalue weighted by Crippen LogP contribution is 2.32. The fourth-order valence-corrected chi connectivity index (χ4v) is 3.51. The molecule has 0 aromatic heterocycles. The zero-order chi connectivity index (χ0) is 15.5. The van der Waals surface area contributed by atoms with Crippen LogP contribution < -0.4 is 5.73 Å². The predicted molar refractivity (Wildman–Crippen MR) is 71.4 cm³/mol. The number of rotatable bonds is 7. The molecule has 0 aliphatic heterocycles. The lowest BCUT2D eigenvalue weighted by Crippen LogP contribution is -2.56. The summed E-state index contributed by atoms with van der Waals surface area (Å²) in [5, 5.41) is 18.0. The quantitative estimate of drug-likeness (QED) is 0.549. The van der Waals surface area contributed by atoms with Crippen molar-refractivity contribution in [2.45, 2.75) is 25.3 Å². The number of aliphatic carboxylic acids is 2. The van der Waals surface area contributed by atoms with Gasteiger partial charge in [-0.3, -0.25) is 14.4 Å². The number of carboxylic acids is 2. The van der Waals surface area contributed by atoms with Gasteiger partial charge < -0.3 is 15.9 Å². The van der Waals surface area contributed by atoms with Crippen LogP contribution in [0.1, 0.15) is 19.8 Å². The molecule has 3 atom stereocenters. The molecule has 0 unspecified atom stereocenters. The Bertz CT molecular complexity index is 435. The summed E-state index contributed by atoms with van der Waals surface area (Å²) < 4.78 is 0. The maximum Gasteiger partial charge on any atom is 0.332 e. The van der Waals surface area contributed by atoms with Gasteiger partial charge in [0.1, 0.15) is 5.78 Å². The molecule has 0 radical (unpaired) electrons. The van der Waals surface area contributed by atoms with Gasteiger partial charge in [-0.05, 0) is 13.3 Å². The molecule has 20 heavy (non-hydrogen) atoms. The fraction of sp³-hybridized carbons (Fsp3) is 0.667. The molecule has 0 heterocycles. The number of thioether (sulfide) groups is 1. The molecule has 0 bridgehead atoms. The molecule has 0 aromatic rings. The molecular weight excluding hydrogens is 286 g/mol. The lowest BCUT2D eigenvalue weighted by atomic mass is 9.98. The molecule has 0 amide bonds. The second-order valence-corrected chi connectivity index (χ2v) is 5.93. The monoisotopic (exact) mass is 303 g/mol. The van der Waals surface area contributed by atoms with Crippen LogP contribution in [0.25, 0.3) is 0 Å². The molecule has 0 spiro atoms. The van der Waals surface area contributed by atoms with Crippen LogP contribution in [0.15, 0.2) is 0 Å². The normalized spacial score (nSPS) is 25.2. The Morgan fingerprint density at radius 3 is 2.45 bits per heavy atom. The predicted octanol–water partition coefficient (Wildman–Crippen LogP) is -0.229. The molecule has 0 aromatic carbocycles. The van der Waals surface area contributed by atoms with Gasteiger partial charge in [-0.2, -0.15) is 11.8 Å². The van der Waals surface area contributed by atoms with E-state index >= 15 is 0 Å². The minimum Gasteiger partial charge on any atom is -0.481 e. The van der Waals surface area contributed by atoms with Crippen molar-refractivity contribution in [2.24, 2.45) is 17.6 Å². The molecule has 1 saturated carbocycles. The molecule has 1 rings (SSSR count). The summed E-state index contributed by atoms with van der Waals surface area (Å²) >= 11 is 1.03. The van der Waals surface area contributed by atoms with Gasteiger partial charge in [0.05, 0.1) is 5.92 Å². The van der Waals surface area contributed by atoms with Crippen LogP contribution in [-0.4, -0.2) is 50.8 Å². The van der Waals surface area contributed by atoms with Crippen LogP contribution in [0.3, 0.4) is 0 Å². The molecule has 112 valence electrons. The van der Waals surface area contributed by atoms with E-state index in [0.29, 0.717) is 6.42 Å². The standard InChI is InChI=1S/C12H17NO6S/c1-6(14)12(13,11(18)19)5-20-4-8-7(10(16)17)2-3-9(8)15/h7-8H,2-5,13H2,1H3,(H,16,17)(H,18,19)/t7-,8+,12-/m1/s1. The zero-order valence-corrected chi connectivity index (χ0v) is 11.8. The van der Waals surface area contributed by atoms with Gasteiger partial charge in [0.2, 0.25) is 0 Å². The number of nitrogens with two attached hydrogens (primary N) is 1. The average Bonchev–Trinajstić information content (AvgIpc) is 2.70. The van der Waals surface area contributed by atoms with Gasteiger partial charge >= 0.3 is 11.9 Å². The SMILES string of the molecule is CC(=O)[C@](N)(CSC[C@@H]1C(=O)CC[C@H]1C(=O)O)C(=O)O. The lowest BCUT2D eigenvalue weighted by molar-refractivity contribution is -0.146. The Morgan fingerprint density at radius 2 is 2.00 bits per heavy atom. The maximum atomic E-state index is 11.6. The number of Topliss-reactive ketones (excluding diaryl/α,β-unsaturated/α-hetero) is 2. The first-order valence-corrected chi connectivity index (χ1v) is 7.22. The molecule has 1 aliphatic carbocycles. The number of carboxylic acid groups (broad SMARTS) is 2. The highest BCUT2D eigenvalue weighted by atomic mass is 32.2. The zero-order valence-electron chi connectivity index (χ0n) is 11.0. The number of carbonyl (C=O) groups is 4. The molecule has 7 nitrogen and oxygen atoms in total. The average molecular weight is 303 g/mol. The van der Waals surface area contributed by atoms with Crippen molar-refractivity contribution < 1.29 is 29.4 Å². The summed E-state index contributed by atoms with van der Waals surface area (Å²) in [6, 6.07) is 0. The van der Waals surface area contributed by atoms with E-state index in [1.54, 1.807) is 0 Å². The van der Waals surface area contributed by atoms with E-state index in [1.165, 1.54) is 0 Å². The highest BCUT2D eigenvalue weighted by Gasteiger charge is 2.42. The van der Waals surface area contributed by atoms with E-state index < -0.39 is 35.1 Å². The van der Waals surface area contributed by atoms with E-state index in [9.17, 15) is 19.2 Å². The van der Waals surface area contributed by atoms with E-state index in [0.717, 1.165) is 18.7 Å². The summed E-state index contributed by atoms with van der Waals surface area (Å²) in [4.78, 5) is 44.9. The van der Waals surface area contributed by atoms with Crippen LogP contribution in [0.2, 0.25) is 0 Å². The van der Waals surface area contributed by atoms with Crippen LogP contribution in [0.4, 0.5) is 0 Å². The molecule has 4 N–H and O–H groups in total. The number of hydrogen-bond acceptors (Lipinski definition) is 6. The molecular formula is C12H17NO6S. The first-order valence-electron chi connectivity index (χ1n) is 6.06. The number of ketones is 2. The second-order valence-electron chi connectivity index (χ2n) is 4.90. The van der Waals surface area contributed by atoms with Gasteiger partial charge in [0.15, 0.2) is 11.3 Å². The topological polar surface area (TPSA) is 135 Å². The van der Waals surface area contributed by atoms with Crippen molar-refractivity contribution in [2.75, 3.05) is 11.5 Å². The molecule has 1 aliphatic rings. The Balaban J connectivity index is 2.63. The first-order chi connectivity index (χ1) is 9.20.